The zero-order chi connectivity index (χ0) is 33.6. The van der Waals surface area contributed by atoms with Crippen molar-refractivity contribution < 1.29 is 31.1 Å². The quantitative estimate of drug-likeness (QED) is 0.0920. The van der Waals surface area contributed by atoms with Gasteiger partial charge >= 0.3 is 0 Å². The van der Waals surface area contributed by atoms with Crippen molar-refractivity contribution in [1.29, 1.82) is 0 Å². The summed E-state index contributed by atoms with van der Waals surface area (Å²) in [6, 6.07) is 13.5. The van der Waals surface area contributed by atoms with Crippen LogP contribution in [0.4, 0.5) is 30.5 Å². The summed E-state index contributed by atoms with van der Waals surface area (Å²) in [5.74, 6) is -0.447. The maximum Gasteiger partial charge on any atom is 0.254 e. The molecule has 1 aliphatic rings. The van der Waals surface area contributed by atoms with Crippen LogP contribution in [0.1, 0.15) is 30.9 Å². The van der Waals surface area contributed by atoms with Gasteiger partial charge in [-0.05, 0) is 48.7 Å². The maximum absolute atomic E-state index is 13.8. The van der Waals surface area contributed by atoms with Crippen molar-refractivity contribution in [3.8, 4) is 17.0 Å². The Balaban J connectivity index is 1.51. The summed E-state index contributed by atoms with van der Waals surface area (Å²) < 4.78 is 81.6. The highest BCUT2D eigenvalue weighted by molar-refractivity contribution is 7.92. The molecule has 1 fully saturated rings. The van der Waals surface area contributed by atoms with Gasteiger partial charge in [0.2, 0.25) is 10.0 Å². The molecule has 5 rings (SSSR count). The van der Waals surface area contributed by atoms with Gasteiger partial charge in [-0.2, -0.15) is 5.10 Å². The van der Waals surface area contributed by atoms with E-state index < -0.39 is 42.2 Å². The molecule has 2 heterocycles. The number of aromatic nitrogens is 4. The van der Waals surface area contributed by atoms with Crippen molar-refractivity contribution in [2.24, 2.45) is 5.92 Å². The van der Waals surface area contributed by atoms with Crippen LogP contribution in [0.3, 0.4) is 0 Å². The fraction of sp³-hybridized carbons (Fsp3) is 0.406. The lowest BCUT2D eigenvalue weighted by molar-refractivity contribution is 0.0803. The number of anilines is 3. The zero-order valence-electron chi connectivity index (χ0n) is 26.5. The number of hydrogen-bond acceptors (Lipinski definition) is 8. The van der Waals surface area contributed by atoms with Crippen molar-refractivity contribution in [1.82, 2.24) is 19.7 Å². The fourth-order valence-electron chi connectivity index (χ4n) is 4.99. The number of benzene rings is 2. The molecule has 0 spiro atoms. The molecule has 2 N–H and O–H groups in total. The molecule has 1 aliphatic carbocycles. The first-order chi connectivity index (χ1) is 22.3. The van der Waals surface area contributed by atoms with Crippen LogP contribution in [0.2, 0.25) is 25.7 Å². The average molecular weight is 689 g/mol. The molecule has 47 heavy (non-hydrogen) atoms. The maximum atomic E-state index is 13.8. The number of halogens is 3. The van der Waals surface area contributed by atoms with Gasteiger partial charge in [0, 0.05) is 44.6 Å². The van der Waals surface area contributed by atoms with E-state index in [2.05, 4.69) is 39.6 Å². The molecule has 0 saturated heterocycles. The van der Waals surface area contributed by atoms with Crippen molar-refractivity contribution in [3.63, 3.8) is 0 Å². The van der Waals surface area contributed by atoms with Gasteiger partial charge in [0.15, 0.2) is 0 Å². The molecular weight excluding hydrogens is 650 g/mol. The normalized spacial score (nSPS) is 14.5. The summed E-state index contributed by atoms with van der Waals surface area (Å²) in [7, 11) is -5.71. The van der Waals surface area contributed by atoms with E-state index in [1.54, 1.807) is 53.6 Å². The lowest BCUT2D eigenvalue weighted by atomic mass is 9.78. The standard InChI is InChI=1S/C32H39F3N6O4SSi/c1-47(2,3)16-15-44-21-41-31(38-30-19-36-13-14-37-30)18-27(39-41)24-9-12-26(40-46(42,43)20-29(34)35)28(17-24)45-32(22-5-4-6-22)23-7-10-25(33)11-8-23/h7-14,17-19,22,29,32,40H,4-6,15-16,20-21H2,1-3H3,(H,37,38). The van der Waals surface area contributed by atoms with Gasteiger partial charge < -0.3 is 14.8 Å². The molecule has 10 nitrogen and oxygen atoms in total. The molecule has 2 aromatic heterocycles. The highest BCUT2D eigenvalue weighted by Gasteiger charge is 2.32. The molecule has 252 valence electrons. The first-order valence-corrected chi connectivity index (χ1v) is 20.7. The summed E-state index contributed by atoms with van der Waals surface area (Å²) in [5.41, 5.74) is 1.82. The number of ether oxygens (including phenoxy) is 2. The summed E-state index contributed by atoms with van der Waals surface area (Å²) in [6.45, 7) is 7.55. The predicted octanol–water partition coefficient (Wildman–Crippen LogP) is 7.46. The molecule has 0 aliphatic heterocycles. The lowest BCUT2D eigenvalue weighted by Crippen LogP contribution is -2.26. The minimum atomic E-state index is -4.40. The van der Waals surface area contributed by atoms with Gasteiger partial charge in [-0.3, -0.25) is 9.71 Å². The number of sulfonamides is 1. The second kappa shape index (κ2) is 14.9. The zero-order valence-corrected chi connectivity index (χ0v) is 28.3. The van der Waals surface area contributed by atoms with Gasteiger partial charge in [-0.1, -0.05) is 44.3 Å². The van der Waals surface area contributed by atoms with Crippen molar-refractivity contribution in [3.05, 3.63) is 78.5 Å². The summed E-state index contributed by atoms with van der Waals surface area (Å²) in [4.78, 5) is 8.40. The van der Waals surface area contributed by atoms with Gasteiger partial charge in [0.1, 0.15) is 41.8 Å². The Labute approximate surface area is 273 Å². The summed E-state index contributed by atoms with van der Waals surface area (Å²) in [6.07, 6.45) is 3.85. The summed E-state index contributed by atoms with van der Waals surface area (Å²) in [5, 5.41) is 7.98. The Kier molecular flexibility index (Phi) is 10.9. The first kappa shape index (κ1) is 34.4. The van der Waals surface area contributed by atoms with Crippen LogP contribution in [0.5, 0.6) is 5.75 Å². The Morgan fingerprint density at radius 3 is 2.47 bits per heavy atom. The SMILES string of the molecule is C[Si](C)(C)CCOCn1nc(-c2ccc(NS(=O)(=O)CC(F)F)c(OC(c3ccc(F)cc3)C3CCC3)c2)cc1Nc1cnccn1. The smallest absolute Gasteiger partial charge is 0.254 e. The topological polar surface area (TPSA) is 120 Å². The van der Waals surface area contributed by atoms with Crippen LogP contribution in [-0.4, -0.2) is 55.0 Å². The third-order valence-corrected chi connectivity index (χ3v) is 10.7. The van der Waals surface area contributed by atoms with Crippen LogP contribution in [0.25, 0.3) is 11.3 Å². The predicted molar refractivity (Wildman–Crippen MR) is 178 cm³/mol. The van der Waals surface area contributed by atoms with E-state index in [-0.39, 0.29) is 24.1 Å². The highest BCUT2D eigenvalue weighted by atomic mass is 32.2. The number of rotatable bonds is 16. The number of hydrogen-bond donors (Lipinski definition) is 2. The van der Waals surface area contributed by atoms with Crippen molar-refractivity contribution >= 4 is 35.4 Å². The Morgan fingerprint density at radius 1 is 1.06 bits per heavy atom. The number of nitrogens with one attached hydrogen (secondary N) is 2. The van der Waals surface area contributed by atoms with Crippen LogP contribution < -0.4 is 14.8 Å². The van der Waals surface area contributed by atoms with Crippen molar-refractivity contribution in [2.75, 3.05) is 22.4 Å². The largest absolute Gasteiger partial charge is 0.483 e. The first-order valence-electron chi connectivity index (χ1n) is 15.4. The molecule has 1 atom stereocenters. The Bertz CT molecular complexity index is 1730. The lowest BCUT2D eigenvalue weighted by Gasteiger charge is -2.34. The Morgan fingerprint density at radius 2 is 1.83 bits per heavy atom. The molecule has 4 aromatic rings. The Hall–Kier alpha value is -3.95. The highest BCUT2D eigenvalue weighted by Crippen LogP contribution is 2.43. The van der Waals surface area contributed by atoms with Crippen LogP contribution >= 0.6 is 0 Å². The van der Waals surface area contributed by atoms with E-state index in [1.165, 1.54) is 18.2 Å². The van der Waals surface area contributed by atoms with Crippen LogP contribution in [0, 0.1) is 11.7 Å². The van der Waals surface area contributed by atoms with E-state index in [0.29, 0.717) is 29.5 Å². The third-order valence-electron chi connectivity index (χ3n) is 7.73. The van der Waals surface area contributed by atoms with Gasteiger partial charge in [0.25, 0.3) is 6.43 Å². The molecule has 1 unspecified atom stereocenters. The average Bonchev–Trinajstić information content (AvgIpc) is 3.36. The van der Waals surface area contributed by atoms with Gasteiger partial charge in [-0.25, -0.2) is 31.3 Å². The van der Waals surface area contributed by atoms with Crippen LogP contribution in [0.15, 0.2) is 67.1 Å². The van der Waals surface area contributed by atoms with E-state index in [1.807, 2.05) is 0 Å². The number of alkyl halides is 2. The number of nitrogens with zero attached hydrogens (tertiary/aromatic N) is 4. The van der Waals surface area contributed by atoms with E-state index >= 15 is 0 Å². The van der Waals surface area contributed by atoms with Gasteiger partial charge in [0.05, 0.1) is 17.6 Å². The van der Waals surface area contributed by atoms with E-state index in [9.17, 15) is 21.6 Å². The molecule has 0 radical (unpaired) electrons. The molecule has 1 saturated carbocycles. The van der Waals surface area contributed by atoms with Crippen molar-refractivity contribution in [2.45, 2.75) is 64.2 Å². The molecule has 2 aromatic carbocycles. The minimum absolute atomic E-state index is 0.00727. The van der Waals surface area contributed by atoms with E-state index in [0.717, 1.165) is 30.9 Å². The minimum Gasteiger partial charge on any atom is -0.483 e. The monoisotopic (exact) mass is 688 g/mol. The molecule has 0 bridgehead atoms. The van der Waals surface area contributed by atoms with E-state index in [4.69, 9.17) is 14.6 Å². The van der Waals surface area contributed by atoms with Crippen LogP contribution in [-0.2, 0) is 21.5 Å². The third kappa shape index (κ3) is 9.78. The molecular formula is C32H39F3N6O4SSi. The second-order valence-corrected chi connectivity index (χ2v) is 20.1. The fourth-order valence-corrected chi connectivity index (χ4v) is 6.66. The molecule has 0 amide bonds. The van der Waals surface area contributed by atoms with Gasteiger partial charge in [-0.15, -0.1) is 0 Å². The summed E-state index contributed by atoms with van der Waals surface area (Å²) >= 11 is 0. The second-order valence-electron chi connectivity index (χ2n) is 12.7. The molecule has 15 heteroatoms.